The van der Waals surface area contributed by atoms with Crippen molar-refractivity contribution < 1.29 is 4.79 Å². The summed E-state index contributed by atoms with van der Waals surface area (Å²) in [6, 6.07) is 0.545. The van der Waals surface area contributed by atoms with E-state index < -0.39 is 0 Å². The minimum atomic E-state index is -0.333. The Kier molecular flexibility index (Phi) is 5.86. The number of aromatic nitrogens is 5. The highest BCUT2D eigenvalue weighted by Crippen LogP contribution is 2.22. The van der Waals surface area contributed by atoms with Gasteiger partial charge in [0.2, 0.25) is 0 Å². The average molecular weight is 423 g/mol. The Hall–Kier alpha value is -3.07. The number of carbonyl (C=O) groups is 1. The summed E-state index contributed by atoms with van der Waals surface area (Å²) in [7, 11) is 2.17. The Morgan fingerprint density at radius 3 is 2.74 bits per heavy atom. The van der Waals surface area contributed by atoms with Crippen molar-refractivity contribution in [2.75, 3.05) is 36.9 Å². The zero-order chi connectivity index (χ0) is 22.1. The molecule has 0 saturated carbocycles. The van der Waals surface area contributed by atoms with E-state index in [0.717, 1.165) is 48.9 Å². The summed E-state index contributed by atoms with van der Waals surface area (Å²) in [5, 5.41) is 2.81. The highest BCUT2D eigenvalue weighted by Gasteiger charge is 2.25. The molecule has 9 heteroatoms. The van der Waals surface area contributed by atoms with E-state index in [-0.39, 0.29) is 11.6 Å². The van der Waals surface area contributed by atoms with Crippen LogP contribution in [0.2, 0.25) is 0 Å². The molecule has 0 aromatic carbocycles. The number of imidazole rings is 1. The number of hydrogen-bond acceptors (Lipinski definition) is 7. The van der Waals surface area contributed by atoms with Crippen LogP contribution >= 0.6 is 0 Å². The third-order valence-corrected chi connectivity index (χ3v) is 5.88. The summed E-state index contributed by atoms with van der Waals surface area (Å²) in [5.41, 5.74) is 2.69. The van der Waals surface area contributed by atoms with Crippen LogP contribution in [0, 0.1) is 19.8 Å². The number of fused-ring (bicyclic) bond motifs is 1. The van der Waals surface area contributed by atoms with E-state index in [9.17, 15) is 4.79 Å². The van der Waals surface area contributed by atoms with Gasteiger partial charge in [-0.1, -0.05) is 0 Å². The quantitative estimate of drug-likeness (QED) is 0.653. The maximum atomic E-state index is 12.6. The van der Waals surface area contributed by atoms with Gasteiger partial charge in [-0.05, 0) is 47.1 Å². The molecule has 1 saturated heterocycles. The van der Waals surface area contributed by atoms with Crippen LogP contribution in [0.4, 0.5) is 11.6 Å². The highest BCUT2D eigenvalue weighted by molar-refractivity contribution is 6.02. The van der Waals surface area contributed by atoms with Gasteiger partial charge in [-0.15, -0.1) is 0 Å². The summed E-state index contributed by atoms with van der Waals surface area (Å²) >= 11 is 0. The van der Waals surface area contributed by atoms with Gasteiger partial charge in [0.15, 0.2) is 5.65 Å². The maximum absolute atomic E-state index is 12.6. The molecule has 1 unspecified atom stereocenters. The molecule has 1 fully saturated rings. The Morgan fingerprint density at radius 1 is 1.23 bits per heavy atom. The number of carbonyl (C=O) groups excluding carboxylic acids is 1. The minimum absolute atomic E-state index is 0.264. The third-order valence-electron chi connectivity index (χ3n) is 5.88. The fraction of sp³-hybridized carbons (Fsp3) is 0.500. The molecular formula is C22H30N8O. The zero-order valence-electron chi connectivity index (χ0n) is 18.8. The van der Waals surface area contributed by atoms with Crippen molar-refractivity contribution in [3.63, 3.8) is 0 Å². The summed E-state index contributed by atoms with van der Waals surface area (Å²) < 4.78 is 1.86. The Bertz CT molecular complexity index is 1080. The molecule has 31 heavy (non-hydrogen) atoms. The number of aryl methyl sites for hydroxylation is 2. The number of rotatable bonds is 6. The first-order valence-corrected chi connectivity index (χ1v) is 10.7. The van der Waals surface area contributed by atoms with E-state index in [1.165, 1.54) is 6.20 Å². The molecule has 0 spiro atoms. The van der Waals surface area contributed by atoms with E-state index >= 15 is 0 Å². The highest BCUT2D eigenvalue weighted by atomic mass is 16.2. The van der Waals surface area contributed by atoms with Crippen molar-refractivity contribution in [2.24, 2.45) is 5.92 Å². The van der Waals surface area contributed by atoms with Gasteiger partial charge in [-0.2, -0.15) is 0 Å². The molecule has 0 bridgehead atoms. The van der Waals surface area contributed by atoms with Crippen LogP contribution in [-0.2, 0) is 0 Å². The summed E-state index contributed by atoms with van der Waals surface area (Å²) in [5.74, 6) is 1.55. The fourth-order valence-corrected chi connectivity index (χ4v) is 3.92. The maximum Gasteiger partial charge on any atom is 0.277 e. The molecule has 1 N–H and O–H groups in total. The molecule has 1 amide bonds. The SMILES string of the molecule is Cc1cn2cc(NC(=O)c3cnc(N4CCC(CN(C)C(C)C)C4)cn3)nc(C)c2n1. The Morgan fingerprint density at radius 2 is 2.03 bits per heavy atom. The second-order valence-electron chi connectivity index (χ2n) is 8.67. The third kappa shape index (κ3) is 4.66. The van der Waals surface area contributed by atoms with Crippen molar-refractivity contribution in [2.45, 2.75) is 40.2 Å². The van der Waals surface area contributed by atoms with Crippen LogP contribution in [0.1, 0.15) is 42.1 Å². The van der Waals surface area contributed by atoms with E-state index in [2.05, 4.69) is 55.9 Å². The first kappa shape index (κ1) is 21.2. The lowest BCUT2D eigenvalue weighted by Gasteiger charge is -2.24. The van der Waals surface area contributed by atoms with E-state index in [0.29, 0.717) is 17.8 Å². The lowest BCUT2D eigenvalue weighted by atomic mass is 10.1. The minimum Gasteiger partial charge on any atom is -0.355 e. The lowest BCUT2D eigenvalue weighted by molar-refractivity contribution is 0.102. The van der Waals surface area contributed by atoms with Crippen molar-refractivity contribution in [1.82, 2.24) is 29.2 Å². The number of amides is 1. The summed E-state index contributed by atoms with van der Waals surface area (Å²) in [6.07, 6.45) is 8.01. The van der Waals surface area contributed by atoms with Crippen LogP contribution in [0.25, 0.3) is 5.65 Å². The van der Waals surface area contributed by atoms with Gasteiger partial charge in [0.05, 0.1) is 30.0 Å². The molecular weight excluding hydrogens is 392 g/mol. The second kappa shape index (κ2) is 8.58. The Labute approximate surface area is 182 Å². The van der Waals surface area contributed by atoms with E-state index in [1.807, 2.05) is 24.4 Å². The van der Waals surface area contributed by atoms with Crippen molar-refractivity contribution in [1.29, 1.82) is 0 Å². The molecule has 0 radical (unpaired) electrons. The van der Waals surface area contributed by atoms with Crippen LogP contribution in [0.15, 0.2) is 24.8 Å². The molecule has 1 atom stereocenters. The number of nitrogens with one attached hydrogen (secondary N) is 1. The van der Waals surface area contributed by atoms with Gasteiger partial charge in [-0.25, -0.2) is 19.9 Å². The second-order valence-corrected chi connectivity index (χ2v) is 8.67. The molecule has 3 aromatic rings. The number of anilines is 2. The fourth-order valence-electron chi connectivity index (χ4n) is 3.92. The largest absolute Gasteiger partial charge is 0.355 e. The zero-order valence-corrected chi connectivity index (χ0v) is 18.8. The van der Waals surface area contributed by atoms with Crippen LogP contribution in [0.5, 0.6) is 0 Å². The van der Waals surface area contributed by atoms with Crippen LogP contribution in [-0.4, -0.2) is 67.9 Å². The monoisotopic (exact) mass is 422 g/mol. The molecule has 4 rings (SSSR count). The average Bonchev–Trinajstić information content (AvgIpc) is 3.34. The first-order valence-electron chi connectivity index (χ1n) is 10.7. The normalized spacial score (nSPS) is 16.6. The van der Waals surface area contributed by atoms with Crippen molar-refractivity contribution in [3.8, 4) is 0 Å². The predicted octanol–water partition coefficient (Wildman–Crippen LogP) is 2.55. The van der Waals surface area contributed by atoms with Crippen LogP contribution in [0.3, 0.4) is 0 Å². The molecule has 9 nitrogen and oxygen atoms in total. The van der Waals surface area contributed by atoms with Gasteiger partial charge in [0.1, 0.15) is 17.3 Å². The standard InChI is InChI=1S/C22H30N8O/c1-14(2)28(5)11-17-6-7-29(12-17)20-9-23-18(8-24-20)22(31)27-19-13-30-10-15(3)25-21(30)16(4)26-19/h8-10,13-14,17H,6-7,11-12H2,1-5H3,(H,27,31). The van der Waals surface area contributed by atoms with Crippen LogP contribution < -0.4 is 10.2 Å². The first-order chi connectivity index (χ1) is 14.8. The van der Waals surface area contributed by atoms with Crippen molar-refractivity contribution >= 4 is 23.2 Å². The molecule has 3 aromatic heterocycles. The number of nitrogens with zero attached hydrogens (tertiary/aromatic N) is 7. The van der Waals surface area contributed by atoms with E-state index in [4.69, 9.17) is 0 Å². The predicted molar refractivity (Wildman–Crippen MR) is 121 cm³/mol. The van der Waals surface area contributed by atoms with E-state index in [1.54, 1.807) is 12.4 Å². The van der Waals surface area contributed by atoms with Crippen molar-refractivity contribution in [3.05, 3.63) is 41.9 Å². The van der Waals surface area contributed by atoms with Gasteiger partial charge in [-0.3, -0.25) is 4.79 Å². The smallest absolute Gasteiger partial charge is 0.277 e. The summed E-state index contributed by atoms with van der Waals surface area (Å²) in [4.78, 5) is 35.0. The van der Waals surface area contributed by atoms with Gasteiger partial charge in [0.25, 0.3) is 5.91 Å². The number of hydrogen-bond donors (Lipinski definition) is 1. The molecule has 1 aliphatic heterocycles. The lowest BCUT2D eigenvalue weighted by Crippen LogP contribution is -2.33. The van der Waals surface area contributed by atoms with Gasteiger partial charge < -0.3 is 19.5 Å². The summed E-state index contributed by atoms with van der Waals surface area (Å²) in [6.45, 7) is 11.2. The van der Waals surface area contributed by atoms with Gasteiger partial charge >= 0.3 is 0 Å². The molecule has 4 heterocycles. The topological polar surface area (TPSA) is 91.6 Å². The molecule has 0 aliphatic carbocycles. The molecule has 1 aliphatic rings. The molecule has 164 valence electrons. The Balaban J connectivity index is 1.40. The van der Waals surface area contributed by atoms with Gasteiger partial charge in [0, 0.05) is 31.9 Å².